The van der Waals surface area contributed by atoms with Gasteiger partial charge in [0, 0.05) is 9.58 Å². The van der Waals surface area contributed by atoms with E-state index in [1.54, 1.807) is 0 Å². The SMILES string of the molecule is CCc1cc2ccc(CCC(C)CCCC(C)C)cc2s1. The van der Waals surface area contributed by atoms with E-state index in [0.717, 1.165) is 18.3 Å². The minimum Gasteiger partial charge on any atom is -0.140 e. The Labute approximate surface area is 134 Å². The van der Waals surface area contributed by atoms with Gasteiger partial charge in [-0.05, 0) is 54.2 Å². The van der Waals surface area contributed by atoms with E-state index in [4.69, 9.17) is 0 Å². The average Bonchev–Trinajstić information content (AvgIpc) is 2.87. The van der Waals surface area contributed by atoms with E-state index in [9.17, 15) is 0 Å². The van der Waals surface area contributed by atoms with Gasteiger partial charge < -0.3 is 0 Å². The molecule has 0 saturated heterocycles. The smallest absolute Gasteiger partial charge is 0.0348 e. The molecule has 1 aromatic heterocycles. The van der Waals surface area contributed by atoms with Crippen molar-refractivity contribution in [2.45, 2.75) is 66.2 Å². The first-order valence-corrected chi connectivity index (χ1v) is 9.41. The number of fused-ring (bicyclic) bond motifs is 1. The minimum atomic E-state index is 0.853. The summed E-state index contributed by atoms with van der Waals surface area (Å²) < 4.78 is 1.47. The van der Waals surface area contributed by atoms with Crippen molar-refractivity contribution in [3.8, 4) is 0 Å². The molecule has 2 rings (SSSR count). The maximum Gasteiger partial charge on any atom is 0.0348 e. The van der Waals surface area contributed by atoms with E-state index in [2.05, 4.69) is 52.0 Å². The van der Waals surface area contributed by atoms with Gasteiger partial charge in [0.2, 0.25) is 0 Å². The van der Waals surface area contributed by atoms with Gasteiger partial charge in [0.25, 0.3) is 0 Å². The Morgan fingerprint density at radius 3 is 2.52 bits per heavy atom. The number of rotatable bonds is 8. The number of aryl methyl sites for hydroxylation is 2. The fourth-order valence-corrected chi connectivity index (χ4v) is 3.96. The van der Waals surface area contributed by atoms with Crippen LogP contribution < -0.4 is 0 Å². The second kappa shape index (κ2) is 7.98. The Morgan fingerprint density at radius 2 is 1.81 bits per heavy atom. The molecule has 0 fully saturated rings. The van der Waals surface area contributed by atoms with Crippen LogP contribution in [0.4, 0.5) is 0 Å². The Kier molecular flexibility index (Phi) is 6.29. The molecule has 0 aliphatic carbocycles. The van der Waals surface area contributed by atoms with Crippen molar-refractivity contribution >= 4 is 21.4 Å². The predicted molar refractivity (Wildman–Crippen MR) is 97.4 cm³/mol. The molecule has 0 spiro atoms. The molecule has 1 aromatic carbocycles. The van der Waals surface area contributed by atoms with Gasteiger partial charge in [0.1, 0.15) is 0 Å². The first-order valence-electron chi connectivity index (χ1n) is 8.59. The lowest BCUT2D eigenvalue weighted by atomic mass is 9.94. The fourth-order valence-electron chi connectivity index (χ4n) is 2.89. The van der Waals surface area contributed by atoms with Gasteiger partial charge in [-0.25, -0.2) is 0 Å². The molecule has 1 heteroatoms. The second-order valence-corrected chi connectivity index (χ2v) is 8.08. The second-order valence-electron chi connectivity index (χ2n) is 6.91. The van der Waals surface area contributed by atoms with Crippen molar-refractivity contribution in [3.63, 3.8) is 0 Å². The lowest BCUT2D eigenvalue weighted by Crippen LogP contribution is -1.99. The van der Waals surface area contributed by atoms with E-state index < -0.39 is 0 Å². The minimum absolute atomic E-state index is 0.853. The molecule has 0 bridgehead atoms. The highest BCUT2D eigenvalue weighted by molar-refractivity contribution is 7.19. The van der Waals surface area contributed by atoms with Crippen molar-refractivity contribution in [1.82, 2.24) is 0 Å². The molecule has 0 nitrogen and oxygen atoms in total. The van der Waals surface area contributed by atoms with Crippen molar-refractivity contribution < 1.29 is 0 Å². The summed E-state index contributed by atoms with van der Waals surface area (Å²) >= 11 is 1.96. The Hall–Kier alpha value is -0.820. The lowest BCUT2D eigenvalue weighted by molar-refractivity contribution is 0.437. The summed E-state index contributed by atoms with van der Waals surface area (Å²) in [6.45, 7) is 9.31. The highest BCUT2D eigenvalue weighted by Gasteiger charge is 2.06. The van der Waals surface area contributed by atoms with Crippen LogP contribution in [0, 0.1) is 11.8 Å². The van der Waals surface area contributed by atoms with Crippen molar-refractivity contribution in [2.75, 3.05) is 0 Å². The summed E-state index contributed by atoms with van der Waals surface area (Å²) in [6, 6.07) is 9.40. The summed E-state index contributed by atoms with van der Waals surface area (Å²) in [4.78, 5) is 1.50. The molecule has 21 heavy (non-hydrogen) atoms. The normalized spacial score (nSPS) is 13.2. The molecule has 0 amide bonds. The van der Waals surface area contributed by atoms with E-state index in [-0.39, 0.29) is 0 Å². The van der Waals surface area contributed by atoms with Gasteiger partial charge in [0.05, 0.1) is 0 Å². The zero-order valence-electron chi connectivity index (χ0n) is 14.1. The molecule has 0 aliphatic rings. The molecule has 1 unspecified atom stereocenters. The number of benzene rings is 1. The zero-order valence-corrected chi connectivity index (χ0v) is 14.9. The number of thiophene rings is 1. The third kappa shape index (κ3) is 5.14. The number of hydrogen-bond acceptors (Lipinski definition) is 1. The molecule has 0 aliphatic heterocycles. The average molecular weight is 303 g/mol. The summed E-state index contributed by atoms with van der Waals surface area (Å²) in [5, 5.41) is 1.42. The van der Waals surface area contributed by atoms with Crippen LogP contribution in [0.15, 0.2) is 24.3 Å². The quantitative estimate of drug-likeness (QED) is 0.499. The maximum atomic E-state index is 2.42. The highest BCUT2D eigenvalue weighted by Crippen LogP contribution is 2.28. The van der Waals surface area contributed by atoms with Crippen LogP contribution in [0.5, 0.6) is 0 Å². The molecule has 0 radical (unpaired) electrons. The van der Waals surface area contributed by atoms with E-state index in [0.29, 0.717) is 0 Å². The van der Waals surface area contributed by atoms with Gasteiger partial charge in [-0.15, -0.1) is 11.3 Å². The molecule has 1 atom stereocenters. The van der Waals surface area contributed by atoms with Crippen molar-refractivity contribution in [3.05, 3.63) is 34.7 Å². The summed E-state index contributed by atoms with van der Waals surface area (Å²) in [6.07, 6.45) is 7.88. The van der Waals surface area contributed by atoms with E-state index >= 15 is 0 Å². The highest BCUT2D eigenvalue weighted by atomic mass is 32.1. The van der Waals surface area contributed by atoms with E-state index in [1.165, 1.54) is 52.6 Å². The molecular formula is C20H30S. The van der Waals surface area contributed by atoms with Crippen LogP contribution in [0.1, 0.15) is 63.8 Å². The van der Waals surface area contributed by atoms with Crippen molar-refractivity contribution in [2.24, 2.45) is 11.8 Å². The van der Waals surface area contributed by atoms with Crippen LogP contribution >= 0.6 is 11.3 Å². The monoisotopic (exact) mass is 302 g/mol. The third-order valence-electron chi connectivity index (χ3n) is 4.39. The van der Waals surface area contributed by atoms with Gasteiger partial charge in [-0.1, -0.05) is 59.1 Å². The summed E-state index contributed by atoms with van der Waals surface area (Å²) in [5.41, 5.74) is 1.52. The van der Waals surface area contributed by atoms with Gasteiger partial charge in [0.15, 0.2) is 0 Å². The van der Waals surface area contributed by atoms with Crippen LogP contribution in [0.3, 0.4) is 0 Å². The summed E-state index contributed by atoms with van der Waals surface area (Å²) in [5.74, 6) is 1.71. The Morgan fingerprint density at radius 1 is 1.00 bits per heavy atom. The fraction of sp³-hybridized carbons (Fsp3) is 0.600. The lowest BCUT2D eigenvalue weighted by Gasteiger charge is -2.12. The van der Waals surface area contributed by atoms with Crippen LogP contribution in [0.2, 0.25) is 0 Å². The van der Waals surface area contributed by atoms with Gasteiger partial charge in [-0.2, -0.15) is 0 Å². The molecule has 2 aromatic rings. The van der Waals surface area contributed by atoms with Gasteiger partial charge >= 0.3 is 0 Å². The van der Waals surface area contributed by atoms with E-state index in [1.807, 2.05) is 11.3 Å². The molecule has 0 saturated carbocycles. The van der Waals surface area contributed by atoms with Crippen LogP contribution in [-0.2, 0) is 12.8 Å². The van der Waals surface area contributed by atoms with Crippen LogP contribution in [0.25, 0.3) is 10.1 Å². The Bertz CT molecular complexity index is 550. The molecule has 1 heterocycles. The molecule has 0 N–H and O–H groups in total. The van der Waals surface area contributed by atoms with Gasteiger partial charge in [-0.3, -0.25) is 0 Å². The first-order chi connectivity index (χ1) is 10.1. The molecule has 116 valence electrons. The maximum absolute atomic E-state index is 2.42. The first kappa shape index (κ1) is 16.5. The van der Waals surface area contributed by atoms with Crippen molar-refractivity contribution in [1.29, 1.82) is 0 Å². The number of hydrogen-bond donors (Lipinski definition) is 0. The van der Waals surface area contributed by atoms with Crippen LogP contribution in [-0.4, -0.2) is 0 Å². The topological polar surface area (TPSA) is 0 Å². The third-order valence-corrected chi connectivity index (χ3v) is 5.63. The zero-order chi connectivity index (χ0) is 15.2. The molecular weight excluding hydrogens is 272 g/mol. The summed E-state index contributed by atoms with van der Waals surface area (Å²) in [7, 11) is 0. The standard InChI is InChI=1S/C20H30S/c1-5-19-14-18-12-11-17(13-20(18)21-19)10-9-16(4)8-6-7-15(2)3/h11-16H,5-10H2,1-4H3. The predicted octanol–water partition coefficient (Wildman–Crippen LogP) is 6.86. The largest absolute Gasteiger partial charge is 0.140 e. The Balaban J connectivity index is 1.85.